The third-order valence-corrected chi connectivity index (χ3v) is 4.23. The zero-order valence-corrected chi connectivity index (χ0v) is 12.4. The third kappa shape index (κ3) is 2.93. The summed E-state index contributed by atoms with van der Waals surface area (Å²) in [6.07, 6.45) is 3.16. The van der Waals surface area contributed by atoms with Crippen LogP contribution in [-0.2, 0) is 4.79 Å². The molecule has 2 heterocycles. The van der Waals surface area contributed by atoms with Crippen LogP contribution in [0.25, 0.3) is 0 Å². The van der Waals surface area contributed by atoms with Crippen LogP contribution in [0.3, 0.4) is 0 Å². The lowest BCUT2D eigenvalue weighted by Crippen LogP contribution is -2.59. The van der Waals surface area contributed by atoms with Crippen molar-refractivity contribution < 1.29 is 4.79 Å². The fourth-order valence-corrected chi connectivity index (χ4v) is 2.55. The summed E-state index contributed by atoms with van der Waals surface area (Å²) in [5.41, 5.74) is 5.50. The molecule has 0 aromatic carbocycles. The highest BCUT2D eigenvalue weighted by Gasteiger charge is 2.35. The van der Waals surface area contributed by atoms with E-state index in [1.807, 2.05) is 36.9 Å². The lowest BCUT2D eigenvalue weighted by atomic mass is 9.92. The minimum atomic E-state index is -0.701. The Balaban J connectivity index is 1.96. The van der Waals surface area contributed by atoms with Gasteiger partial charge in [0.05, 0.1) is 5.54 Å². The molecule has 1 aromatic heterocycles. The van der Waals surface area contributed by atoms with Crippen molar-refractivity contribution >= 4 is 11.7 Å². The molecule has 0 spiro atoms. The molecule has 110 valence electrons. The van der Waals surface area contributed by atoms with Gasteiger partial charge in [0.15, 0.2) is 0 Å². The number of piperazine rings is 1. The second-order valence-corrected chi connectivity index (χ2v) is 5.33. The molecule has 1 aliphatic heterocycles. The number of hydrogen-bond acceptors (Lipinski definition) is 4. The van der Waals surface area contributed by atoms with E-state index < -0.39 is 5.54 Å². The van der Waals surface area contributed by atoms with Gasteiger partial charge in [-0.15, -0.1) is 0 Å². The number of rotatable bonds is 4. The molecule has 5 heteroatoms. The van der Waals surface area contributed by atoms with Crippen LogP contribution in [0.1, 0.15) is 26.7 Å². The molecule has 20 heavy (non-hydrogen) atoms. The largest absolute Gasteiger partial charge is 0.353 e. The monoisotopic (exact) mass is 276 g/mol. The average molecular weight is 276 g/mol. The topological polar surface area (TPSA) is 62.5 Å². The van der Waals surface area contributed by atoms with Crippen molar-refractivity contribution in [3.8, 4) is 0 Å². The van der Waals surface area contributed by atoms with E-state index in [1.54, 1.807) is 6.20 Å². The first-order valence-electron chi connectivity index (χ1n) is 7.35. The Kier molecular flexibility index (Phi) is 4.60. The predicted molar refractivity (Wildman–Crippen MR) is 80.5 cm³/mol. The first-order valence-corrected chi connectivity index (χ1v) is 7.35. The van der Waals surface area contributed by atoms with E-state index in [4.69, 9.17) is 5.73 Å². The maximum atomic E-state index is 12.5. The Morgan fingerprint density at radius 2 is 1.90 bits per heavy atom. The Morgan fingerprint density at radius 3 is 2.40 bits per heavy atom. The van der Waals surface area contributed by atoms with E-state index in [2.05, 4.69) is 9.88 Å². The van der Waals surface area contributed by atoms with Gasteiger partial charge in [0.25, 0.3) is 0 Å². The number of amides is 1. The molecule has 0 radical (unpaired) electrons. The van der Waals surface area contributed by atoms with E-state index in [-0.39, 0.29) is 5.91 Å². The van der Waals surface area contributed by atoms with Gasteiger partial charge in [-0.1, -0.05) is 19.9 Å². The Hall–Kier alpha value is -1.62. The Morgan fingerprint density at radius 1 is 1.25 bits per heavy atom. The van der Waals surface area contributed by atoms with Crippen LogP contribution < -0.4 is 10.6 Å². The lowest BCUT2D eigenvalue weighted by Gasteiger charge is -2.39. The SMILES string of the molecule is CCC(N)(CC)C(=O)N1CCN(c2ccccn2)CC1. The van der Waals surface area contributed by atoms with Crippen LogP contribution >= 0.6 is 0 Å². The summed E-state index contributed by atoms with van der Waals surface area (Å²) in [7, 11) is 0. The summed E-state index contributed by atoms with van der Waals surface area (Å²) in [5.74, 6) is 1.06. The number of carbonyl (C=O) groups is 1. The van der Waals surface area contributed by atoms with Crippen LogP contribution in [0.15, 0.2) is 24.4 Å². The van der Waals surface area contributed by atoms with Gasteiger partial charge in [0, 0.05) is 32.4 Å². The minimum Gasteiger partial charge on any atom is -0.353 e. The van der Waals surface area contributed by atoms with Crippen LogP contribution in [0.4, 0.5) is 5.82 Å². The number of nitrogens with zero attached hydrogens (tertiary/aromatic N) is 3. The molecule has 0 saturated carbocycles. The summed E-state index contributed by atoms with van der Waals surface area (Å²) < 4.78 is 0. The second-order valence-electron chi connectivity index (χ2n) is 5.33. The fourth-order valence-electron chi connectivity index (χ4n) is 2.55. The van der Waals surface area contributed by atoms with Crippen molar-refractivity contribution in [2.75, 3.05) is 31.1 Å². The Labute approximate surface area is 120 Å². The highest BCUT2D eigenvalue weighted by molar-refractivity contribution is 5.86. The van der Waals surface area contributed by atoms with E-state index in [9.17, 15) is 4.79 Å². The van der Waals surface area contributed by atoms with Gasteiger partial charge in [0.2, 0.25) is 5.91 Å². The zero-order valence-electron chi connectivity index (χ0n) is 12.4. The van der Waals surface area contributed by atoms with Crippen molar-refractivity contribution in [3.05, 3.63) is 24.4 Å². The highest BCUT2D eigenvalue weighted by atomic mass is 16.2. The van der Waals surface area contributed by atoms with Crippen LogP contribution in [0.5, 0.6) is 0 Å². The van der Waals surface area contributed by atoms with Gasteiger partial charge in [-0.05, 0) is 25.0 Å². The highest BCUT2D eigenvalue weighted by Crippen LogP contribution is 2.18. The predicted octanol–water partition coefficient (Wildman–Crippen LogP) is 1.25. The summed E-state index contributed by atoms with van der Waals surface area (Å²) in [5, 5.41) is 0. The molecule has 1 aliphatic rings. The van der Waals surface area contributed by atoms with E-state index >= 15 is 0 Å². The maximum Gasteiger partial charge on any atom is 0.242 e. The maximum absolute atomic E-state index is 12.5. The van der Waals surface area contributed by atoms with Crippen LogP contribution in [-0.4, -0.2) is 47.5 Å². The van der Waals surface area contributed by atoms with Crippen molar-refractivity contribution in [2.45, 2.75) is 32.2 Å². The number of pyridine rings is 1. The smallest absolute Gasteiger partial charge is 0.242 e. The molecule has 1 aromatic rings. The quantitative estimate of drug-likeness (QED) is 0.899. The van der Waals surface area contributed by atoms with Crippen LogP contribution in [0, 0.1) is 0 Å². The van der Waals surface area contributed by atoms with Crippen molar-refractivity contribution in [2.24, 2.45) is 5.73 Å². The standard InChI is InChI=1S/C15H24N4O/c1-3-15(16,4-2)14(20)19-11-9-18(10-12-19)13-7-5-6-8-17-13/h5-8H,3-4,9-12,16H2,1-2H3. The van der Waals surface area contributed by atoms with Gasteiger partial charge in [-0.2, -0.15) is 0 Å². The lowest BCUT2D eigenvalue weighted by molar-refractivity contribution is -0.137. The summed E-state index contributed by atoms with van der Waals surface area (Å²) >= 11 is 0. The molecule has 2 N–H and O–H groups in total. The van der Waals surface area contributed by atoms with E-state index in [0.29, 0.717) is 25.9 Å². The van der Waals surface area contributed by atoms with Gasteiger partial charge in [-0.25, -0.2) is 4.98 Å². The number of carbonyl (C=O) groups excluding carboxylic acids is 1. The number of aromatic nitrogens is 1. The molecular weight excluding hydrogens is 252 g/mol. The number of anilines is 1. The van der Waals surface area contributed by atoms with Gasteiger partial charge >= 0.3 is 0 Å². The van der Waals surface area contributed by atoms with Gasteiger partial charge in [-0.3, -0.25) is 4.79 Å². The molecule has 2 rings (SSSR count). The summed E-state index contributed by atoms with van der Waals surface area (Å²) in [6.45, 7) is 7.01. The molecule has 5 nitrogen and oxygen atoms in total. The molecule has 1 saturated heterocycles. The summed E-state index contributed by atoms with van der Waals surface area (Å²) in [6, 6.07) is 5.90. The average Bonchev–Trinajstić information content (AvgIpc) is 2.54. The normalized spacial score (nSPS) is 16.4. The second kappa shape index (κ2) is 6.22. The minimum absolute atomic E-state index is 0.0863. The molecule has 0 atom stereocenters. The number of nitrogens with two attached hydrogens (primary N) is 1. The zero-order chi connectivity index (χ0) is 14.6. The first kappa shape index (κ1) is 14.8. The Bertz CT molecular complexity index is 436. The van der Waals surface area contributed by atoms with Crippen LogP contribution in [0.2, 0.25) is 0 Å². The molecule has 0 bridgehead atoms. The fraction of sp³-hybridized carbons (Fsp3) is 0.600. The van der Waals surface area contributed by atoms with E-state index in [0.717, 1.165) is 18.9 Å². The van der Waals surface area contributed by atoms with Crippen molar-refractivity contribution in [1.82, 2.24) is 9.88 Å². The first-order chi connectivity index (χ1) is 9.60. The molecule has 1 fully saturated rings. The summed E-state index contributed by atoms with van der Waals surface area (Å²) in [4.78, 5) is 20.9. The molecular formula is C15H24N4O. The van der Waals surface area contributed by atoms with Gasteiger partial charge < -0.3 is 15.5 Å². The molecule has 0 aliphatic carbocycles. The van der Waals surface area contributed by atoms with Crippen molar-refractivity contribution in [1.29, 1.82) is 0 Å². The van der Waals surface area contributed by atoms with Gasteiger partial charge in [0.1, 0.15) is 5.82 Å². The molecule has 1 amide bonds. The third-order valence-electron chi connectivity index (χ3n) is 4.23. The van der Waals surface area contributed by atoms with E-state index in [1.165, 1.54) is 0 Å². The molecule has 0 unspecified atom stereocenters. The van der Waals surface area contributed by atoms with Crippen molar-refractivity contribution in [3.63, 3.8) is 0 Å². The number of hydrogen-bond donors (Lipinski definition) is 1.